The minimum Gasteiger partial charge on any atom is -0.454 e. The van der Waals surface area contributed by atoms with Crippen LogP contribution in [0.2, 0.25) is 0 Å². The summed E-state index contributed by atoms with van der Waals surface area (Å²) in [5.41, 5.74) is 6.18. The second-order valence-electron chi connectivity index (χ2n) is 5.55. The van der Waals surface area contributed by atoms with Crippen LogP contribution in [0, 0.1) is 0 Å². The summed E-state index contributed by atoms with van der Waals surface area (Å²) in [5.74, 6) is -0.729. The monoisotopic (exact) mass is 356 g/mol. The first kappa shape index (κ1) is 17.3. The van der Waals surface area contributed by atoms with Crippen molar-refractivity contribution >= 4 is 23.5 Å². The summed E-state index contributed by atoms with van der Waals surface area (Å²) in [6.45, 7) is 1.55. The van der Waals surface area contributed by atoms with E-state index in [0.717, 1.165) is 0 Å². The number of ether oxygens (including phenoxy) is 3. The number of carbonyl (C=O) groups is 3. The Hall–Kier alpha value is -3.55. The number of anilines is 1. The zero-order chi connectivity index (χ0) is 18.7. The van der Waals surface area contributed by atoms with Crippen LogP contribution in [-0.4, -0.2) is 30.7 Å². The predicted molar refractivity (Wildman–Crippen MR) is 91.0 cm³/mol. The molecule has 1 aliphatic heterocycles. The van der Waals surface area contributed by atoms with Crippen LogP contribution < -0.4 is 20.5 Å². The molecule has 0 aromatic heterocycles. The highest BCUT2D eigenvalue weighted by atomic mass is 16.7. The maximum Gasteiger partial charge on any atom is 0.339 e. The molecular formula is C18H16N2O6. The molecule has 1 atom stereocenters. The molecule has 0 bridgehead atoms. The maximum atomic E-state index is 12.2. The molecule has 8 heteroatoms. The van der Waals surface area contributed by atoms with E-state index in [-0.39, 0.29) is 12.4 Å². The molecule has 0 aliphatic carbocycles. The van der Waals surface area contributed by atoms with Crippen molar-refractivity contribution in [1.82, 2.24) is 0 Å². The maximum absolute atomic E-state index is 12.2. The Kier molecular flexibility index (Phi) is 4.74. The lowest BCUT2D eigenvalue weighted by Crippen LogP contribution is -2.30. The van der Waals surface area contributed by atoms with Gasteiger partial charge in [0.15, 0.2) is 17.6 Å². The van der Waals surface area contributed by atoms with Gasteiger partial charge < -0.3 is 25.3 Å². The predicted octanol–water partition coefficient (Wildman–Crippen LogP) is 1.70. The third-order valence-corrected chi connectivity index (χ3v) is 3.70. The van der Waals surface area contributed by atoms with Crippen molar-refractivity contribution in [3.63, 3.8) is 0 Å². The SMILES string of the molecule is C[C@H](OC(=O)c1ccc2c(c1)OCO2)C(=O)Nc1ccc(C(N)=O)cc1. The molecule has 2 aromatic rings. The summed E-state index contributed by atoms with van der Waals surface area (Å²) in [7, 11) is 0. The van der Waals surface area contributed by atoms with Crippen LogP contribution in [0.4, 0.5) is 5.69 Å². The van der Waals surface area contributed by atoms with Gasteiger partial charge in [0.1, 0.15) is 0 Å². The third-order valence-electron chi connectivity index (χ3n) is 3.70. The van der Waals surface area contributed by atoms with Gasteiger partial charge in [-0.1, -0.05) is 0 Å². The molecule has 0 fully saturated rings. The van der Waals surface area contributed by atoms with Gasteiger partial charge in [-0.25, -0.2) is 4.79 Å². The Morgan fingerprint density at radius 2 is 1.69 bits per heavy atom. The average molecular weight is 356 g/mol. The van der Waals surface area contributed by atoms with E-state index in [1.54, 1.807) is 6.07 Å². The van der Waals surface area contributed by atoms with Crippen molar-refractivity contribution < 1.29 is 28.6 Å². The fourth-order valence-corrected chi connectivity index (χ4v) is 2.27. The number of carbonyl (C=O) groups excluding carboxylic acids is 3. The van der Waals surface area contributed by atoms with Crippen LogP contribution >= 0.6 is 0 Å². The van der Waals surface area contributed by atoms with Gasteiger partial charge in [-0.05, 0) is 49.4 Å². The van der Waals surface area contributed by atoms with Gasteiger partial charge in [-0.2, -0.15) is 0 Å². The number of esters is 1. The third kappa shape index (κ3) is 3.75. The number of hydrogen-bond acceptors (Lipinski definition) is 6. The van der Waals surface area contributed by atoms with Crippen molar-refractivity contribution in [2.24, 2.45) is 5.73 Å². The molecular weight excluding hydrogens is 340 g/mol. The van der Waals surface area contributed by atoms with E-state index >= 15 is 0 Å². The lowest BCUT2D eigenvalue weighted by atomic mass is 10.2. The number of hydrogen-bond donors (Lipinski definition) is 2. The van der Waals surface area contributed by atoms with E-state index in [1.165, 1.54) is 43.3 Å². The first-order valence-electron chi connectivity index (χ1n) is 7.75. The molecule has 0 spiro atoms. The molecule has 0 radical (unpaired) electrons. The Balaban J connectivity index is 1.60. The van der Waals surface area contributed by atoms with E-state index < -0.39 is 23.9 Å². The zero-order valence-corrected chi connectivity index (χ0v) is 13.9. The van der Waals surface area contributed by atoms with Crippen molar-refractivity contribution in [2.45, 2.75) is 13.0 Å². The van der Waals surface area contributed by atoms with Crippen molar-refractivity contribution in [3.8, 4) is 11.5 Å². The van der Waals surface area contributed by atoms with E-state index in [9.17, 15) is 14.4 Å². The first-order chi connectivity index (χ1) is 12.4. The van der Waals surface area contributed by atoms with E-state index in [0.29, 0.717) is 22.7 Å². The van der Waals surface area contributed by atoms with Crippen LogP contribution in [0.5, 0.6) is 11.5 Å². The summed E-state index contributed by atoms with van der Waals surface area (Å²) in [5, 5.41) is 2.59. The highest BCUT2D eigenvalue weighted by molar-refractivity contribution is 5.98. The van der Waals surface area contributed by atoms with Gasteiger partial charge >= 0.3 is 5.97 Å². The zero-order valence-electron chi connectivity index (χ0n) is 13.9. The molecule has 3 N–H and O–H groups in total. The average Bonchev–Trinajstić information content (AvgIpc) is 3.09. The largest absolute Gasteiger partial charge is 0.454 e. The molecule has 2 aromatic carbocycles. The van der Waals surface area contributed by atoms with Gasteiger partial charge in [-0.3, -0.25) is 9.59 Å². The number of nitrogens with one attached hydrogen (secondary N) is 1. The Morgan fingerprint density at radius 3 is 2.38 bits per heavy atom. The number of amides is 2. The molecule has 2 amide bonds. The Morgan fingerprint density at radius 1 is 1.04 bits per heavy atom. The number of rotatable bonds is 5. The van der Waals surface area contributed by atoms with Gasteiger partial charge in [0.05, 0.1) is 5.56 Å². The van der Waals surface area contributed by atoms with Crippen LogP contribution in [0.15, 0.2) is 42.5 Å². The summed E-state index contributed by atoms with van der Waals surface area (Å²) >= 11 is 0. The highest BCUT2D eigenvalue weighted by Gasteiger charge is 2.21. The summed E-state index contributed by atoms with van der Waals surface area (Å²) < 4.78 is 15.6. The second kappa shape index (κ2) is 7.14. The summed E-state index contributed by atoms with van der Waals surface area (Å²) in [6, 6.07) is 10.7. The fourth-order valence-electron chi connectivity index (χ4n) is 2.27. The molecule has 1 aliphatic rings. The molecule has 8 nitrogen and oxygen atoms in total. The molecule has 3 rings (SSSR count). The molecule has 0 unspecified atom stereocenters. The topological polar surface area (TPSA) is 117 Å². The van der Waals surface area contributed by atoms with Crippen LogP contribution in [0.1, 0.15) is 27.6 Å². The van der Waals surface area contributed by atoms with E-state index in [4.69, 9.17) is 19.9 Å². The van der Waals surface area contributed by atoms with Gasteiger partial charge in [0, 0.05) is 11.3 Å². The number of nitrogens with two attached hydrogens (primary N) is 1. The van der Waals surface area contributed by atoms with Gasteiger partial charge in [0.2, 0.25) is 12.7 Å². The molecule has 0 saturated heterocycles. The number of benzene rings is 2. The minimum absolute atomic E-state index is 0.0984. The quantitative estimate of drug-likeness (QED) is 0.788. The molecule has 134 valence electrons. The summed E-state index contributed by atoms with van der Waals surface area (Å²) in [4.78, 5) is 35.4. The lowest BCUT2D eigenvalue weighted by Gasteiger charge is -2.14. The van der Waals surface area contributed by atoms with Gasteiger partial charge in [0.25, 0.3) is 5.91 Å². The van der Waals surface area contributed by atoms with Crippen LogP contribution in [-0.2, 0) is 9.53 Å². The number of fused-ring (bicyclic) bond motifs is 1. The Labute approximate surface area is 148 Å². The molecule has 0 saturated carbocycles. The minimum atomic E-state index is -1.02. The number of primary amides is 1. The van der Waals surface area contributed by atoms with Crippen molar-refractivity contribution in [1.29, 1.82) is 0 Å². The van der Waals surface area contributed by atoms with Crippen LogP contribution in [0.25, 0.3) is 0 Å². The van der Waals surface area contributed by atoms with E-state index in [1.807, 2.05) is 0 Å². The lowest BCUT2D eigenvalue weighted by molar-refractivity contribution is -0.123. The van der Waals surface area contributed by atoms with Crippen molar-refractivity contribution in [3.05, 3.63) is 53.6 Å². The molecule has 26 heavy (non-hydrogen) atoms. The fraction of sp³-hybridized carbons (Fsp3) is 0.167. The Bertz CT molecular complexity index is 862. The highest BCUT2D eigenvalue weighted by Crippen LogP contribution is 2.32. The van der Waals surface area contributed by atoms with Crippen molar-refractivity contribution in [2.75, 3.05) is 12.1 Å². The van der Waals surface area contributed by atoms with E-state index in [2.05, 4.69) is 5.32 Å². The summed E-state index contributed by atoms with van der Waals surface area (Å²) in [6.07, 6.45) is -1.02. The standard InChI is InChI=1S/C18H16N2O6/c1-10(17(22)20-13-5-2-11(3-6-13)16(19)21)26-18(23)12-4-7-14-15(8-12)25-9-24-14/h2-8,10H,9H2,1H3,(H2,19,21)(H,20,22)/t10-/m0/s1. The second-order valence-corrected chi connectivity index (χ2v) is 5.55. The smallest absolute Gasteiger partial charge is 0.339 e. The normalized spacial score (nSPS) is 13.0. The van der Waals surface area contributed by atoms with Crippen LogP contribution in [0.3, 0.4) is 0 Å². The van der Waals surface area contributed by atoms with Gasteiger partial charge in [-0.15, -0.1) is 0 Å². The molecule has 1 heterocycles. The first-order valence-corrected chi connectivity index (χ1v) is 7.75.